The Labute approximate surface area is 198 Å². The van der Waals surface area contributed by atoms with E-state index >= 15 is 0 Å². The smallest absolute Gasteiger partial charge is 0.312 e. The zero-order valence-corrected chi connectivity index (χ0v) is 20.5. The molecule has 0 spiro atoms. The number of hydrogen-bond acceptors (Lipinski definition) is 7. The van der Waals surface area contributed by atoms with E-state index in [0.717, 1.165) is 26.7 Å². The number of imidazole rings is 1. The summed E-state index contributed by atoms with van der Waals surface area (Å²) in [6.45, 7) is 3.42. The molecule has 3 N–H and O–H groups in total. The van der Waals surface area contributed by atoms with Gasteiger partial charge in [0.15, 0.2) is 22.8 Å². The van der Waals surface area contributed by atoms with Gasteiger partial charge in [0.1, 0.15) is 5.82 Å². The number of nitrogen functional groups attached to an aromatic ring is 1. The SMILES string of the molecule is CC(C)S(=O)(=O)NCCn1c(Cc2cc3c(cc2I)CCC3=O)nc2c(N)nc(F)nc21. The summed E-state index contributed by atoms with van der Waals surface area (Å²) in [6.07, 6.45) is 0.606. The van der Waals surface area contributed by atoms with E-state index in [2.05, 4.69) is 42.3 Å². The van der Waals surface area contributed by atoms with E-state index in [4.69, 9.17) is 5.73 Å². The topological polar surface area (TPSA) is 133 Å². The largest absolute Gasteiger partial charge is 0.382 e. The van der Waals surface area contributed by atoms with Crippen molar-refractivity contribution < 1.29 is 17.6 Å². The van der Waals surface area contributed by atoms with Crippen LogP contribution in [-0.2, 0) is 29.4 Å². The summed E-state index contributed by atoms with van der Waals surface area (Å²) in [5.41, 5.74) is 8.97. The molecule has 12 heteroatoms. The molecule has 1 aromatic carbocycles. The van der Waals surface area contributed by atoms with Crippen molar-refractivity contribution >= 4 is 55.4 Å². The number of benzene rings is 1. The van der Waals surface area contributed by atoms with Crippen LogP contribution in [0.25, 0.3) is 11.2 Å². The van der Waals surface area contributed by atoms with E-state index in [1.807, 2.05) is 12.1 Å². The number of aryl methyl sites for hydroxylation is 1. The molecule has 1 aliphatic carbocycles. The summed E-state index contributed by atoms with van der Waals surface area (Å²) in [5.74, 6) is 0.555. The number of anilines is 1. The average molecular weight is 572 g/mol. The number of halogens is 2. The molecule has 1 aliphatic rings. The molecule has 9 nitrogen and oxygen atoms in total. The summed E-state index contributed by atoms with van der Waals surface area (Å²) in [7, 11) is -3.47. The van der Waals surface area contributed by atoms with Crippen LogP contribution in [0, 0.1) is 9.65 Å². The highest BCUT2D eigenvalue weighted by Crippen LogP contribution is 2.29. The molecule has 2 heterocycles. The molecule has 0 atom stereocenters. The number of carbonyl (C=O) groups excluding carboxylic acids is 1. The van der Waals surface area contributed by atoms with E-state index in [9.17, 15) is 17.6 Å². The van der Waals surface area contributed by atoms with E-state index in [1.54, 1.807) is 18.4 Å². The Hall–Kier alpha value is -2.19. The van der Waals surface area contributed by atoms with Crippen LogP contribution in [0.1, 0.15) is 47.6 Å². The number of hydrogen-bond donors (Lipinski definition) is 2. The molecule has 32 heavy (non-hydrogen) atoms. The molecule has 170 valence electrons. The van der Waals surface area contributed by atoms with Crippen molar-refractivity contribution in [1.82, 2.24) is 24.2 Å². The first kappa shape index (κ1) is 23.0. The van der Waals surface area contributed by atoms with Gasteiger partial charge in [-0.15, -0.1) is 0 Å². The van der Waals surface area contributed by atoms with Gasteiger partial charge in [-0.3, -0.25) is 4.79 Å². The third-order valence-corrected chi connectivity index (χ3v) is 8.33. The van der Waals surface area contributed by atoms with Gasteiger partial charge in [-0.05, 0) is 66.1 Å². The fraction of sp³-hybridized carbons (Fsp3) is 0.400. The zero-order chi connectivity index (χ0) is 23.2. The van der Waals surface area contributed by atoms with Crippen LogP contribution < -0.4 is 10.5 Å². The van der Waals surface area contributed by atoms with Crippen LogP contribution in [0.2, 0.25) is 0 Å². The van der Waals surface area contributed by atoms with Gasteiger partial charge in [-0.2, -0.15) is 14.4 Å². The van der Waals surface area contributed by atoms with Crippen LogP contribution in [-0.4, -0.2) is 45.5 Å². The van der Waals surface area contributed by atoms with Gasteiger partial charge in [0.05, 0.1) is 5.25 Å². The standard InChI is InChI=1S/C20H22FIN6O3S/c1-10(2)32(30,31)24-5-6-28-16(25-17-18(23)26-20(21)27-19(17)28)9-12-7-13-11(8-14(12)22)3-4-15(13)29/h7-8,10,24H,3-6,9H2,1-2H3,(H2,23,26,27). The average Bonchev–Trinajstić information content (AvgIpc) is 3.23. The highest BCUT2D eigenvalue weighted by Gasteiger charge is 2.23. The molecule has 0 bridgehead atoms. The fourth-order valence-corrected chi connectivity index (χ4v) is 5.12. The molecule has 0 saturated heterocycles. The number of ketones is 1. The molecule has 0 amide bonds. The van der Waals surface area contributed by atoms with E-state index in [-0.39, 0.29) is 35.9 Å². The van der Waals surface area contributed by atoms with Gasteiger partial charge in [0.2, 0.25) is 10.0 Å². The third kappa shape index (κ3) is 4.35. The minimum absolute atomic E-state index is 0.0737. The summed E-state index contributed by atoms with van der Waals surface area (Å²) >= 11 is 2.22. The van der Waals surface area contributed by atoms with Crippen LogP contribution in [0.5, 0.6) is 0 Å². The Morgan fingerprint density at radius 3 is 2.72 bits per heavy atom. The second-order valence-corrected chi connectivity index (χ2v) is 11.4. The van der Waals surface area contributed by atoms with Crippen LogP contribution in [0.4, 0.5) is 10.2 Å². The van der Waals surface area contributed by atoms with Crippen molar-refractivity contribution in [3.63, 3.8) is 0 Å². The maximum atomic E-state index is 13.9. The fourth-order valence-electron chi connectivity index (χ4n) is 3.69. The Morgan fingerprint density at radius 1 is 1.25 bits per heavy atom. The summed E-state index contributed by atoms with van der Waals surface area (Å²) < 4.78 is 43.3. The maximum Gasteiger partial charge on any atom is 0.312 e. The second kappa shape index (κ2) is 8.63. The number of rotatable bonds is 7. The molecule has 4 rings (SSSR count). The molecule has 0 unspecified atom stereocenters. The van der Waals surface area contributed by atoms with Gasteiger partial charge >= 0.3 is 6.08 Å². The molecular weight excluding hydrogens is 550 g/mol. The predicted molar refractivity (Wildman–Crippen MR) is 126 cm³/mol. The number of carbonyl (C=O) groups is 1. The Bertz CT molecular complexity index is 1340. The molecule has 0 saturated carbocycles. The van der Waals surface area contributed by atoms with Crippen molar-refractivity contribution in [2.24, 2.45) is 0 Å². The van der Waals surface area contributed by atoms with Crippen molar-refractivity contribution in [3.8, 4) is 0 Å². The van der Waals surface area contributed by atoms with Gasteiger partial charge in [0, 0.05) is 35.1 Å². The number of nitrogens with two attached hydrogens (primary N) is 1. The first-order chi connectivity index (χ1) is 15.1. The second-order valence-electron chi connectivity index (χ2n) is 7.92. The first-order valence-corrected chi connectivity index (χ1v) is 12.7. The van der Waals surface area contributed by atoms with Crippen molar-refractivity contribution in [3.05, 3.63) is 44.3 Å². The number of Topliss-reactive ketones (excluding diaryl/α,β-unsaturated/α-hetero) is 1. The molecular formula is C20H22FIN6O3S. The first-order valence-electron chi connectivity index (χ1n) is 10.1. The third-order valence-electron chi connectivity index (χ3n) is 5.48. The Balaban J connectivity index is 1.73. The minimum atomic E-state index is -3.47. The number of nitrogens with zero attached hydrogens (tertiary/aromatic N) is 4. The number of aromatic nitrogens is 4. The van der Waals surface area contributed by atoms with Crippen molar-refractivity contribution in [2.75, 3.05) is 12.3 Å². The number of sulfonamides is 1. The van der Waals surface area contributed by atoms with Crippen LogP contribution >= 0.6 is 22.6 Å². The number of fused-ring (bicyclic) bond motifs is 2. The van der Waals surface area contributed by atoms with Crippen LogP contribution in [0.3, 0.4) is 0 Å². The predicted octanol–water partition coefficient (Wildman–Crippen LogP) is 2.20. The molecule has 2 aromatic heterocycles. The Morgan fingerprint density at radius 2 is 2.00 bits per heavy atom. The lowest BCUT2D eigenvalue weighted by atomic mass is 10.0. The molecule has 0 radical (unpaired) electrons. The molecule has 3 aromatic rings. The monoisotopic (exact) mass is 572 g/mol. The minimum Gasteiger partial charge on any atom is -0.382 e. The lowest BCUT2D eigenvalue weighted by Crippen LogP contribution is -2.33. The quantitative estimate of drug-likeness (QED) is 0.328. The van der Waals surface area contributed by atoms with Gasteiger partial charge in [-0.1, -0.05) is 0 Å². The lowest BCUT2D eigenvalue weighted by molar-refractivity contribution is 0.0994. The van der Waals surface area contributed by atoms with Gasteiger partial charge in [0.25, 0.3) is 0 Å². The molecule has 0 fully saturated rings. The highest BCUT2D eigenvalue weighted by atomic mass is 127. The zero-order valence-electron chi connectivity index (χ0n) is 17.5. The van der Waals surface area contributed by atoms with Gasteiger partial charge in [-0.25, -0.2) is 18.1 Å². The van der Waals surface area contributed by atoms with Crippen molar-refractivity contribution in [1.29, 1.82) is 0 Å². The summed E-state index contributed by atoms with van der Waals surface area (Å²) in [4.78, 5) is 24.1. The Kier molecular flexibility index (Phi) is 6.20. The summed E-state index contributed by atoms with van der Waals surface area (Å²) in [5, 5.41) is -0.581. The highest BCUT2D eigenvalue weighted by molar-refractivity contribution is 14.1. The van der Waals surface area contributed by atoms with Gasteiger partial charge < -0.3 is 10.3 Å². The summed E-state index contributed by atoms with van der Waals surface area (Å²) in [6, 6.07) is 3.89. The van der Waals surface area contributed by atoms with E-state index in [1.165, 1.54) is 0 Å². The normalized spacial score (nSPS) is 14.0. The molecule has 0 aliphatic heterocycles. The van der Waals surface area contributed by atoms with Crippen molar-refractivity contribution in [2.45, 2.75) is 44.9 Å². The van der Waals surface area contributed by atoms with Crippen LogP contribution in [0.15, 0.2) is 12.1 Å². The van der Waals surface area contributed by atoms with E-state index in [0.29, 0.717) is 18.7 Å². The van der Waals surface area contributed by atoms with E-state index < -0.39 is 21.4 Å². The number of nitrogens with one attached hydrogen (secondary N) is 1. The maximum absolute atomic E-state index is 13.9. The lowest BCUT2D eigenvalue weighted by Gasteiger charge is -2.13.